The number of nitrogens with one attached hydrogen (secondary N) is 1. The minimum atomic E-state index is -0.930. The van der Waals surface area contributed by atoms with Crippen molar-refractivity contribution in [3.8, 4) is 0 Å². The molecule has 2 aromatic carbocycles. The van der Waals surface area contributed by atoms with Gasteiger partial charge >= 0.3 is 5.97 Å². The lowest BCUT2D eigenvalue weighted by Crippen LogP contribution is -2.32. The van der Waals surface area contributed by atoms with Crippen LogP contribution in [0.5, 0.6) is 0 Å². The highest BCUT2D eigenvalue weighted by molar-refractivity contribution is 6.04. The highest BCUT2D eigenvalue weighted by Crippen LogP contribution is 2.23. The second-order valence-electron chi connectivity index (χ2n) is 6.65. The molecule has 0 saturated carbocycles. The van der Waals surface area contributed by atoms with Gasteiger partial charge in [-0.15, -0.1) is 0 Å². The second kappa shape index (κ2) is 7.71. The summed E-state index contributed by atoms with van der Waals surface area (Å²) in [5.41, 5.74) is 3.63. The van der Waals surface area contributed by atoms with Gasteiger partial charge in [-0.2, -0.15) is 0 Å². The summed E-state index contributed by atoms with van der Waals surface area (Å²) in [5.74, 6) is -0.988. The largest absolute Gasteiger partial charge is 0.449 e. The molecule has 0 spiro atoms. The molecule has 29 heavy (non-hydrogen) atoms. The van der Waals surface area contributed by atoms with Crippen molar-refractivity contribution in [2.75, 3.05) is 5.32 Å². The van der Waals surface area contributed by atoms with Crippen molar-refractivity contribution < 1.29 is 18.7 Å². The van der Waals surface area contributed by atoms with E-state index in [1.54, 1.807) is 31.2 Å². The molecule has 7 heteroatoms. The number of pyridine rings is 1. The van der Waals surface area contributed by atoms with Gasteiger partial charge < -0.3 is 14.5 Å². The highest BCUT2D eigenvalue weighted by Gasteiger charge is 2.23. The van der Waals surface area contributed by atoms with E-state index < -0.39 is 18.0 Å². The van der Waals surface area contributed by atoms with Gasteiger partial charge in [0, 0.05) is 11.1 Å². The lowest BCUT2D eigenvalue weighted by Gasteiger charge is -2.17. The van der Waals surface area contributed by atoms with Crippen molar-refractivity contribution >= 4 is 39.6 Å². The standard InChI is InChI=1S/C22H19N3O4/c1-3-19(29-22(27)14-8-9-17-20(11-14)28-12-23-17)21(26)25-18-10-13(2)24-16-7-5-4-6-15(16)18/h4-12,19H,3H2,1-2H3,(H,24,25,26). The maximum Gasteiger partial charge on any atom is 0.339 e. The number of rotatable bonds is 5. The van der Waals surface area contributed by atoms with Gasteiger partial charge in [0.15, 0.2) is 18.1 Å². The number of fused-ring (bicyclic) bond motifs is 2. The molecule has 0 aliphatic rings. The molecule has 4 aromatic rings. The number of hydrogen-bond donors (Lipinski definition) is 1. The second-order valence-corrected chi connectivity index (χ2v) is 6.65. The quantitative estimate of drug-likeness (QED) is 0.513. The van der Waals surface area contributed by atoms with E-state index in [9.17, 15) is 9.59 Å². The van der Waals surface area contributed by atoms with Crippen LogP contribution in [0.1, 0.15) is 29.4 Å². The highest BCUT2D eigenvalue weighted by atomic mass is 16.5. The third kappa shape index (κ3) is 3.80. The molecule has 0 fully saturated rings. The first-order valence-corrected chi connectivity index (χ1v) is 9.26. The summed E-state index contributed by atoms with van der Waals surface area (Å²) in [6, 6.07) is 14.2. The van der Waals surface area contributed by atoms with Gasteiger partial charge in [0.1, 0.15) is 5.52 Å². The van der Waals surface area contributed by atoms with E-state index in [2.05, 4.69) is 15.3 Å². The monoisotopic (exact) mass is 389 g/mol. The molecule has 1 unspecified atom stereocenters. The molecule has 0 bridgehead atoms. The van der Waals surface area contributed by atoms with Crippen molar-refractivity contribution in [3.05, 3.63) is 66.2 Å². The number of carbonyl (C=O) groups excluding carboxylic acids is 2. The smallest absolute Gasteiger partial charge is 0.339 e. The van der Waals surface area contributed by atoms with Gasteiger partial charge in [0.2, 0.25) is 0 Å². The molecule has 7 nitrogen and oxygen atoms in total. The number of ether oxygens (including phenoxy) is 1. The first kappa shape index (κ1) is 18.6. The van der Waals surface area contributed by atoms with Crippen molar-refractivity contribution in [2.45, 2.75) is 26.4 Å². The van der Waals surface area contributed by atoms with Gasteiger partial charge in [-0.1, -0.05) is 25.1 Å². The zero-order valence-electron chi connectivity index (χ0n) is 16.0. The molecule has 4 rings (SSSR count). The Balaban J connectivity index is 1.53. The number of oxazole rings is 1. The molecule has 1 N–H and O–H groups in total. The molecule has 0 aliphatic carbocycles. The summed E-state index contributed by atoms with van der Waals surface area (Å²) in [7, 11) is 0. The van der Waals surface area contributed by atoms with Crippen LogP contribution < -0.4 is 5.32 Å². The predicted molar refractivity (Wildman–Crippen MR) is 109 cm³/mol. The number of aryl methyl sites for hydroxylation is 1. The van der Waals surface area contributed by atoms with Crippen molar-refractivity contribution in [3.63, 3.8) is 0 Å². The SMILES string of the molecule is CCC(OC(=O)c1ccc2ncoc2c1)C(=O)Nc1cc(C)nc2ccccc12. The van der Waals surface area contributed by atoms with Crippen molar-refractivity contribution in [2.24, 2.45) is 0 Å². The minimum absolute atomic E-state index is 0.297. The van der Waals surface area contributed by atoms with Gasteiger partial charge in [-0.25, -0.2) is 9.78 Å². The maximum absolute atomic E-state index is 12.8. The number of para-hydroxylation sites is 1. The Morgan fingerprint density at radius 2 is 1.97 bits per heavy atom. The maximum atomic E-state index is 12.8. The first-order valence-electron chi connectivity index (χ1n) is 9.26. The zero-order chi connectivity index (χ0) is 20.4. The molecule has 1 atom stereocenters. The van der Waals surface area contributed by atoms with Crippen LogP contribution in [0.2, 0.25) is 0 Å². The van der Waals surface area contributed by atoms with E-state index in [0.29, 0.717) is 28.8 Å². The van der Waals surface area contributed by atoms with Gasteiger partial charge in [0.25, 0.3) is 5.91 Å². The van der Waals surface area contributed by atoms with Crippen LogP contribution in [-0.2, 0) is 9.53 Å². The predicted octanol–water partition coefficient (Wildman–Crippen LogP) is 4.26. The van der Waals surface area contributed by atoms with Crippen LogP contribution in [0, 0.1) is 6.92 Å². The fraction of sp³-hybridized carbons (Fsp3) is 0.182. The van der Waals surface area contributed by atoms with E-state index >= 15 is 0 Å². The van der Waals surface area contributed by atoms with Crippen LogP contribution in [0.3, 0.4) is 0 Å². The number of nitrogens with zero attached hydrogens (tertiary/aromatic N) is 2. The Labute approximate surface area is 166 Å². The summed E-state index contributed by atoms with van der Waals surface area (Å²) in [4.78, 5) is 33.8. The normalized spacial score (nSPS) is 12.1. The molecular formula is C22H19N3O4. The Kier molecular flexibility index (Phi) is 4.95. The van der Waals surface area contributed by atoms with Crippen LogP contribution in [0.25, 0.3) is 22.0 Å². The Morgan fingerprint density at radius 1 is 1.14 bits per heavy atom. The molecule has 2 aromatic heterocycles. The summed E-state index contributed by atoms with van der Waals surface area (Å²) in [6.07, 6.45) is 0.716. The average Bonchev–Trinajstić information content (AvgIpc) is 3.19. The molecule has 2 heterocycles. The fourth-order valence-corrected chi connectivity index (χ4v) is 3.13. The Hall–Kier alpha value is -3.74. The molecule has 146 valence electrons. The van der Waals surface area contributed by atoms with Crippen LogP contribution in [0.15, 0.2) is 59.3 Å². The zero-order valence-corrected chi connectivity index (χ0v) is 16.0. The number of hydrogen-bond acceptors (Lipinski definition) is 6. The van der Waals surface area contributed by atoms with Crippen molar-refractivity contribution in [1.29, 1.82) is 0 Å². The third-order valence-corrected chi connectivity index (χ3v) is 4.58. The lowest BCUT2D eigenvalue weighted by atomic mass is 10.1. The van der Waals surface area contributed by atoms with E-state index in [-0.39, 0.29) is 0 Å². The number of amides is 1. The van der Waals surface area contributed by atoms with Crippen LogP contribution >= 0.6 is 0 Å². The summed E-state index contributed by atoms with van der Waals surface area (Å²) < 4.78 is 10.7. The first-order chi connectivity index (χ1) is 14.0. The van der Waals surface area contributed by atoms with Gasteiger partial charge in [0.05, 0.1) is 16.8 Å². The van der Waals surface area contributed by atoms with E-state index in [0.717, 1.165) is 16.6 Å². The summed E-state index contributed by atoms with van der Waals surface area (Å²) >= 11 is 0. The van der Waals surface area contributed by atoms with Gasteiger partial charge in [-0.05, 0) is 43.7 Å². The number of anilines is 1. The summed E-state index contributed by atoms with van der Waals surface area (Å²) in [6.45, 7) is 3.64. The number of aromatic nitrogens is 2. The Bertz CT molecular complexity index is 1220. The lowest BCUT2D eigenvalue weighted by molar-refractivity contribution is -0.124. The number of carbonyl (C=O) groups is 2. The molecule has 0 radical (unpaired) electrons. The van der Waals surface area contributed by atoms with Gasteiger partial charge in [-0.3, -0.25) is 9.78 Å². The van der Waals surface area contributed by atoms with E-state index in [1.807, 2.05) is 31.2 Å². The topological polar surface area (TPSA) is 94.3 Å². The van der Waals surface area contributed by atoms with E-state index in [1.165, 1.54) is 6.39 Å². The van der Waals surface area contributed by atoms with E-state index in [4.69, 9.17) is 9.15 Å². The Morgan fingerprint density at radius 3 is 2.79 bits per heavy atom. The minimum Gasteiger partial charge on any atom is -0.449 e. The third-order valence-electron chi connectivity index (χ3n) is 4.58. The summed E-state index contributed by atoms with van der Waals surface area (Å²) in [5, 5.41) is 3.70. The average molecular weight is 389 g/mol. The molecular weight excluding hydrogens is 370 g/mol. The molecule has 0 aliphatic heterocycles. The fourth-order valence-electron chi connectivity index (χ4n) is 3.13. The van der Waals surface area contributed by atoms with Crippen molar-refractivity contribution in [1.82, 2.24) is 9.97 Å². The number of esters is 1. The van der Waals surface area contributed by atoms with Crippen LogP contribution in [-0.4, -0.2) is 27.9 Å². The number of benzene rings is 2. The molecule has 1 amide bonds. The van der Waals surface area contributed by atoms with Crippen LogP contribution in [0.4, 0.5) is 5.69 Å². The molecule has 0 saturated heterocycles.